The average molecular weight is 269 g/mol. The molecule has 1 aromatic carbocycles. The molecule has 0 amide bonds. The van der Waals surface area contributed by atoms with Gasteiger partial charge in [0.05, 0.1) is 0 Å². The second kappa shape index (κ2) is 7.13. The lowest BCUT2D eigenvalue weighted by Gasteiger charge is -2.33. The molecule has 1 aromatic rings. The Hall–Kier alpha value is -0.570. The predicted octanol–water partition coefficient (Wildman–Crippen LogP) is 3.41. The van der Waals surface area contributed by atoms with Gasteiger partial charge in [0.25, 0.3) is 0 Å². The van der Waals surface area contributed by atoms with E-state index in [1.807, 2.05) is 19.2 Å². The largest absolute Gasteiger partial charge is 0.319 e. The Balaban J connectivity index is 2.54. The minimum atomic E-state index is 0.329. The zero-order chi connectivity index (χ0) is 13.6. The summed E-state index contributed by atoms with van der Waals surface area (Å²) in [6.07, 6.45) is 1.18. The van der Waals surface area contributed by atoms with E-state index < -0.39 is 0 Å². The molecule has 0 aliphatic carbocycles. The van der Waals surface area contributed by atoms with E-state index >= 15 is 0 Å². The van der Waals surface area contributed by atoms with E-state index in [4.69, 9.17) is 11.6 Å². The summed E-state index contributed by atoms with van der Waals surface area (Å²) in [4.78, 5) is 2.38. The van der Waals surface area contributed by atoms with Crippen molar-refractivity contribution in [2.45, 2.75) is 26.8 Å². The molecule has 0 saturated carbocycles. The minimum Gasteiger partial charge on any atom is -0.319 e. The van der Waals surface area contributed by atoms with Gasteiger partial charge in [-0.3, -0.25) is 0 Å². The van der Waals surface area contributed by atoms with Gasteiger partial charge in [0.15, 0.2) is 0 Å². The lowest BCUT2D eigenvalue weighted by Crippen LogP contribution is -2.39. The third kappa shape index (κ3) is 4.97. The topological polar surface area (TPSA) is 15.3 Å². The molecule has 2 nitrogen and oxygen atoms in total. The normalized spacial score (nSPS) is 14.8. The van der Waals surface area contributed by atoms with Crippen molar-refractivity contribution in [2.75, 3.05) is 27.2 Å². The van der Waals surface area contributed by atoms with E-state index in [-0.39, 0.29) is 0 Å². The Labute approximate surface area is 116 Å². The molecule has 18 heavy (non-hydrogen) atoms. The Morgan fingerprint density at radius 1 is 1.28 bits per heavy atom. The van der Waals surface area contributed by atoms with Gasteiger partial charge in [-0.15, -0.1) is 0 Å². The van der Waals surface area contributed by atoms with Gasteiger partial charge >= 0.3 is 0 Å². The molecule has 0 heterocycles. The molecule has 0 aliphatic rings. The zero-order valence-corrected chi connectivity index (χ0v) is 12.7. The van der Waals surface area contributed by atoms with Crippen LogP contribution in [0.2, 0.25) is 5.02 Å². The SMILES string of the molecule is CCC(C)(CNC)CN(C)Cc1ccc(Cl)cc1. The van der Waals surface area contributed by atoms with Crippen LogP contribution in [-0.4, -0.2) is 32.1 Å². The molecule has 3 heteroatoms. The lowest BCUT2D eigenvalue weighted by molar-refractivity contribution is 0.178. The van der Waals surface area contributed by atoms with Gasteiger partial charge in [0.1, 0.15) is 0 Å². The molecule has 0 spiro atoms. The molecule has 0 fully saturated rings. The van der Waals surface area contributed by atoms with Crippen LogP contribution in [-0.2, 0) is 6.54 Å². The van der Waals surface area contributed by atoms with Crippen molar-refractivity contribution in [3.63, 3.8) is 0 Å². The molecule has 1 N–H and O–H groups in total. The number of hydrogen-bond acceptors (Lipinski definition) is 2. The van der Waals surface area contributed by atoms with Crippen molar-refractivity contribution in [2.24, 2.45) is 5.41 Å². The molecule has 0 saturated heterocycles. The van der Waals surface area contributed by atoms with Crippen LogP contribution in [0.25, 0.3) is 0 Å². The third-order valence-corrected chi connectivity index (χ3v) is 3.73. The van der Waals surface area contributed by atoms with Gasteiger partial charge in [0, 0.05) is 24.7 Å². The smallest absolute Gasteiger partial charge is 0.0406 e. The van der Waals surface area contributed by atoms with Crippen molar-refractivity contribution in [1.82, 2.24) is 10.2 Å². The van der Waals surface area contributed by atoms with Crippen LogP contribution in [0.3, 0.4) is 0 Å². The van der Waals surface area contributed by atoms with Crippen LogP contribution in [0.1, 0.15) is 25.8 Å². The highest BCUT2D eigenvalue weighted by Gasteiger charge is 2.22. The fourth-order valence-corrected chi connectivity index (χ4v) is 2.45. The standard InChI is InChI=1S/C15H25ClN2/c1-5-15(2,11-17-3)12-18(4)10-13-6-8-14(16)9-7-13/h6-9,17H,5,10-12H2,1-4H3. The second-order valence-corrected chi connectivity index (χ2v) is 5.93. The number of benzene rings is 1. The number of nitrogens with one attached hydrogen (secondary N) is 1. The van der Waals surface area contributed by atoms with Crippen LogP contribution in [0.5, 0.6) is 0 Å². The number of halogens is 1. The molecule has 0 aliphatic heterocycles. The Morgan fingerprint density at radius 2 is 1.89 bits per heavy atom. The third-order valence-electron chi connectivity index (χ3n) is 3.47. The summed E-state index contributed by atoms with van der Waals surface area (Å²) in [5.41, 5.74) is 1.64. The van der Waals surface area contributed by atoms with Crippen LogP contribution in [0.4, 0.5) is 0 Å². The van der Waals surface area contributed by atoms with Crippen LogP contribution in [0, 0.1) is 5.41 Å². The van der Waals surface area contributed by atoms with Gasteiger partial charge in [0.2, 0.25) is 0 Å². The zero-order valence-electron chi connectivity index (χ0n) is 12.0. The molecule has 102 valence electrons. The van der Waals surface area contributed by atoms with Crippen molar-refractivity contribution in [3.05, 3.63) is 34.9 Å². The lowest BCUT2D eigenvalue weighted by atomic mass is 9.87. The highest BCUT2D eigenvalue weighted by atomic mass is 35.5. The molecule has 0 aromatic heterocycles. The molecule has 1 unspecified atom stereocenters. The summed E-state index contributed by atoms with van der Waals surface area (Å²) in [5.74, 6) is 0. The van der Waals surface area contributed by atoms with E-state index in [0.29, 0.717) is 5.41 Å². The van der Waals surface area contributed by atoms with Crippen LogP contribution in [0.15, 0.2) is 24.3 Å². The van der Waals surface area contributed by atoms with E-state index in [1.165, 1.54) is 12.0 Å². The fourth-order valence-electron chi connectivity index (χ4n) is 2.33. The van der Waals surface area contributed by atoms with Crippen LogP contribution < -0.4 is 5.32 Å². The summed E-state index contributed by atoms with van der Waals surface area (Å²) in [6.45, 7) is 7.70. The number of nitrogens with zero attached hydrogens (tertiary/aromatic N) is 1. The molecule has 1 atom stereocenters. The quantitative estimate of drug-likeness (QED) is 0.815. The predicted molar refractivity (Wildman–Crippen MR) is 80.1 cm³/mol. The highest BCUT2D eigenvalue weighted by molar-refractivity contribution is 6.30. The van der Waals surface area contributed by atoms with Crippen molar-refractivity contribution in [1.29, 1.82) is 0 Å². The van der Waals surface area contributed by atoms with Gasteiger partial charge in [-0.1, -0.05) is 37.6 Å². The first kappa shape index (κ1) is 15.5. The van der Waals surface area contributed by atoms with Gasteiger partial charge < -0.3 is 10.2 Å². The highest BCUT2D eigenvalue weighted by Crippen LogP contribution is 2.22. The first-order chi connectivity index (χ1) is 8.49. The van der Waals surface area contributed by atoms with E-state index in [9.17, 15) is 0 Å². The number of rotatable bonds is 7. The molecular formula is C15H25ClN2. The van der Waals surface area contributed by atoms with Crippen molar-refractivity contribution < 1.29 is 0 Å². The Bertz CT molecular complexity index is 350. The molecule has 0 radical (unpaired) electrons. The molecule has 1 rings (SSSR count). The monoisotopic (exact) mass is 268 g/mol. The summed E-state index contributed by atoms with van der Waals surface area (Å²) in [5, 5.41) is 4.09. The van der Waals surface area contributed by atoms with Gasteiger partial charge in [-0.25, -0.2) is 0 Å². The minimum absolute atomic E-state index is 0.329. The Morgan fingerprint density at radius 3 is 2.39 bits per heavy atom. The van der Waals surface area contributed by atoms with E-state index in [0.717, 1.165) is 24.7 Å². The first-order valence-corrected chi connectivity index (χ1v) is 6.94. The average Bonchev–Trinajstić information content (AvgIpc) is 2.32. The maximum absolute atomic E-state index is 5.90. The maximum atomic E-state index is 5.90. The fraction of sp³-hybridized carbons (Fsp3) is 0.600. The van der Waals surface area contributed by atoms with Crippen LogP contribution >= 0.6 is 11.6 Å². The maximum Gasteiger partial charge on any atom is 0.0406 e. The molecular weight excluding hydrogens is 244 g/mol. The van der Waals surface area contributed by atoms with Crippen molar-refractivity contribution in [3.8, 4) is 0 Å². The summed E-state index contributed by atoms with van der Waals surface area (Å²) >= 11 is 5.90. The van der Waals surface area contributed by atoms with E-state index in [1.54, 1.807) is 0 Å². The van der Waals surface area contributed by atoms with Gasteiger partial charge in [-0.05, 0) is 43.6 Å². The first-order valence-electron chi connectivity index (χ1n) is 6.56. The second-order valence-electron chi connectivity index (χ2n) is 5.49. The summed E-state index contributed by atoms with van der Waals surface area (Å²) in [6, 6.07) is 8.11. The van der Waals surface area contributed by atoms with E-state index in [2.05, 4.69) is 43.2 Å². The summed E-state index contributed by atoms with van der Waals surface area (Å²) in [7, 11) is 4.20. The molecule has 0 bridgehead atoms. The Kier molecular flexibility index (Phi) is 6.13. The number of hydrogen-bond donors (Lipinski definition) is 1. The van der Waals surface area contributed by atoms with Gasteiger partial charge in [-0.2, -0.15) is 0 Å². The summed E-state index contributed by atoms with van der Waals surface area (Å²) < 4.78 is 0. The van der Waals surface area contributed by atoms with Crippen molar-refractivity contribution >= 4 is 11.6 Å².